The molecule has 1 aromatic heterocycles. The van der Waals surface area contributed by atoms with E-state index in [1.807, 2.05) is 78.9 Å². The highest BCUT2D eigenvalue weighted by atomic mass is 32.2. The monoisotopic (exact) mass is 427 g/mol. The lowest BCUT2D eigenvalue weighted by Gasteiger charge is -2.11. The molecular weight excluding hydrogens is 406 g/mol. The molecule has 3 aromatic carbocycles. The number of ether oxygens (including phenoxy) is 1. The van der Waals surface area contributed by atoms with Crippen molar-refractivity contribution in [1.82, 2.24) is 9.97 Å². The van der Waals surface area contributed by atoms with Gasteiger partial charge in [0.25, 0.3) is 0 Å². The van der Waals surface area contributed by atoms with Gasteiger partial charge in [-0.25, -0.2) is 9.97 Å². The van der Waals surface area contributed by atoms with Crippen LogP contribution in [0.1, 0.15) is 12.5 Å². The third-order valence-corrected chi connectivity index (χ3v) is 4.73. The van der Waals surface area contributed by atoms with Gasteiger partial charge in [0, 0.05) is 29.6 Å². The quantitative estimate of drug-likeness (QED) is 0.256. The van der Waals surface area contributed by atoms with Crippen LogP contribution in [0.25, 0.3) is 10.9 Å². The van der Waals surface area contributed by atoms with E-state index in [9.17, 15) is 4.79 Å². The summed E-state index contributed by atoms with van der Waals surface area (Å²) in [5.74, 6) is 3.89. The number of anilines is 2. The smallest absolute Gasteiger partial charge is 0.197 e. The highest BCUT2D eigenvalue weighted by Gasteiger charge is 2.11. The van der Waals surface area contributed by atoms with Gasteiger partial charge in [0.15, 0.2) is 10.3 Å². The fourth-order valence-corrected chi connectivity index (χ4v) is 3.23. The summed E-state index contributed by atoms with van der Waals surface area (Å²) in [5, 5.41) is 4.38. The molecule has 0 aliphatic carbocycles. The zero-order valence-corrected chi connectivity index (χ0v) is 18.0. The third-order valence-electron chi connectivity index (χ3n) is 4.08. The summed E-state index contributed by atoms with van der Waals surface area (Å²) in [4.78, 5) is 20.4. The number of hydrogen-bond acceptors (Lipinski definition) is 6. The molecule has 0 spiro atoms. The van der Waals surface area contributed by atoms with Crippen molar-refractivity contribution in [3.05, 3.63) is 84.4 Å². The molecule has 0 fully saturated rings. The van der Waals surface area contributed by atoms with E-state index in [0.717, 1.165) is 28.4 Å². The molecular formula is C25H21N3O2S. The van der Waals surface area contributed by atoms with Crippen molar-refractivity contribution in [3.8, 4) is 18.1 Å². The number of carbonyl (C=O) groups is 1. The molecule has 31 heavy (non-hydrogen) atoms. The lowest BCUT2D eigenvalue weighted by atomic mass is 10.2. The minimum atomic E-state index is -0.0810. The van der Waals surface area contributed by atoms with E-state index in [1.165, 1.54) is 6.92 Å². The Kier molecular flexibility index (Phi) is 7.63. The van der Waals surface area contributed by atoms with Crippen LogP contribution in [0.2, 0.25) is 0 Å². The van der Waals surface area contributed by atoms with Crippen molar-refractivity contribution in [3.63, 3.8) is 0 Å². The number of nitrogens with zero attached hydrogens (tertiary/aromatic N) is 2. The second-order valence-corrected chi connectivity index (χ2v) is 7.48. The Labute approximate surface area is 185 Å². The van der Waals surface area contributed by atoms with Crippen LogP contribution in [0, 0.1) is 12.3 Å². The second-order valence-electron chi connectivity index (χ2n) is 6.34. The first-order chi connectivity index (χ1) is 15.1. The number of methoxy groups -OCH3 is 1. The van der Waals surface area contributed by atoms with Crippen LogP contribution < -0.4 is 10.1 Å². The third kappa shape index (κ3) is 6.33. The predicted molar refractivity (Wildman–Crippen MR) is 127 cm³/mol. The van der Waals surface area contributed by atoms with E-state index in [1.54, 1.807) is 7.11 Å². The number of fused-ring (bicyclic) bond motifs is 1. The molecule has 0 aliphatic heterocycles. The Balaban J connectivity index is 0.000000391. The van der Waals surface area contributed by atoms with Gasteiger partial charge in [-0.3, -0.25) is 4.79 Å². The SMILES string of the molecule is C#Cc1cccc(Nc2nc(SC(C)=O)nc3cc(OC)ccc23)c1.c1ccccc1. The van der Waals surface area contributed by atoms with Crippen LogP contribution in [-0.2, 0) is 4.79 Å². The van der Waals surface area contributed by atoms with Crippen LogP contribution in [0.5, 0.6) is 5.75 Å². The van der Waals surface area contributed by atoms with Crippen molar-refractivity contribution in [2.24, 2.45) is 0 Å². The molecule has 6 heteroatoms. The summed E-state index contributed by atoms with van der Waals surface area (Å²) >= 11 is 0.985. The van der Waals surface area contributed by atoms with Gasteiger partial charge in [0.2, 0.25) is 0 Å². The lowest BCUT2D eigenvalue weighted by Crippen LogP contribution is -2.00. The molecule has 0 saturated heterocycles. The van der Waals surface area contributed by atoms with Gasteiger partial charge in [-0.2, -0.15) is 0 Å². The van der Waals surface area contributed by atoms with Crippen molar-refractivity contribution < 1.29 is 9.53 Å². The Morgan fingerprint density at radius 2 is 1.71 bits per heavy atom. The summed E-state index contributed by atoms with van der Waals surface area (Å²) in [5.41, 5.74) is 2.27. The van der Waals surface area contributed by atoms with E-state index >= 15 is 0 Å². The number of carbonyl (C=O) groups excluding carboxylic acids is 1. The first-order valence-corrected chi connectivity index (χ1v) is 10.3. The number of nitrogens with one attached hydrogen (secondary N) is 1. The molecule has 0 radical (unpaired) electrons. The average Bonchev–Trinajstić information content (AvgIpc) is 2.80. The van der Waals surface area contributed by atoms with Crippen molar-refractivity contribution in [2.45, 2.75) is 12.1 Å². The highest BCUT2D eigenvalue weighted by molar-refractivity contribution is 8.13. The fourth-order valence-electron chi connectivity index (χ4n) is 2.69. The van der Waals surface area contributed by atoms with Crippen LogP contribution in [0.4, 0.5) is 11.5 Å². The molecule has 1 heterocycles. The highest BCUT2D eigenvalue weighted by Crippen LogP contribution is 2.29. The molecule has 0 atom stereocenters. The molecule has 5 nitrogen and oxygen atoms in total. The van der Waals surface area contributed by atoms with Crippen molar-refractivity contribution in [1.29, 1.82) is 0 Å². The Bertz CT molecular complexity index is 1190. The number of thioether (sulfide) groups is 1. The van der Waals surface area contributed by atoms with Gasteiger partial charge in [0.1, 0.15) is 11.6 Å². The van der Waals surface area contributed by atoms with Gasteiger partial charge in [0.05, 0.1) is 12.6 Å². The topological polar surface area (TPSA) is 64.1 Å². The van der Waals surface area contributed by atoms with Crippen LogP contribution in [0.3, 0.4) is 0 Å². The fraction of sp³-hybridized carbons (Fsp3) is 0.0800. The largest absolute Gasteiger partial charge is 0.497 e. The van der Waals surface area contributed by atoms with Gasteiger partial charge in [-0.05, 0) is 42.1 Å². The molecule has 4 rings (SSSR count). The zero-order valence-electron chi connectivity index (χ0n) is 17.2. The minimum Gasteiger partial charge on any atom is -0.497 e. The molecule has 0 unspecified atom stereocenters. The summed E-state index contributed by atoms with van der Waals surface area (Å²) in [6.07, 6.45) is 5.46. The first-order valence-electron chi connectivity index (χ1n) is 9.47. The molecule has 0 saturated carbocycles. The maximum atomic E-state index is 11.4. The van der Waals surface area contributed by atoms with Crippen LogP contribution in [-0.4, -0.2) is 22.2 Å². The van der Waals surface area contributed by atoms with Crippen LogP contribution in [0.15, 0.2) is 84.0 Å². The number of terminal acetylenes is 1. The van der Waals surface area contributed by atoms with E-state index in [2.05, 4.69) is 21.2 Å². The van der Waals surface area contributed by atoms with Crippen molar-refractivity contribution in [2.75, 3.05) is 12.4 Å². The number of aromatic nitrogens is 2. The summed E-state index contributed by atoms with van der Waals surface area (Å²) < 4.78 is 5.25. The number of rotatable bonds is 4. The van der Waals surface area contributed by atoms with E-state index in [-0.39, 0.29) is 5.12 Å². The summed E-state index contributed by atoms with van der Waals surface area (Å²) in [6, 6.07) is 25.0. The maximum absolute atomic E-state index is 11.4. The van der Waals surface area contributed by atoms with Crippen molar-refractivity contribution >= 4 is 39.3 Å². The first kappa shape index (κ1) is 21.9. The second kappa shape index (κ2) is 10.8. The lowest BCUT2D eigenvalue weighted by molar-refractivity contribution is -0.109. The summed E-state index contributed by atoms with van der Waals surface area (Å²) in [6.45, 7) is 1.48. The standard InChI is InChI=1S/C19H15N3O2S.C6H6/c1-4-13-6-5-7-14(10-13)20-18-16-9-8-15(24-3)11-17(16)21-19(22-18)25-12(2)23;1-2-4-6-5-3-1/h1,5-11H,2-3H3,(H,20,21,22);1-6H. The van der Waals surface area contributed by atoms with E-state index < -0.39 is 0 Å². The Morgan fingerprint density at radius 3 is 2.32 bits per heavy atom. The summed E-state index contributed by atoms with van der Waals surface area (Å²) in [7, 11) is 1.60. The molecule has 0 bridgehead atoms. The Morgan fingerprint density at radius 1 is 1.00 bits per heavy atom. The molecule has 4 aromatic rings. The van der Waals surface area contributed by atoms with Gasteiger partial charge in [-0.1, -0.05) is 48.4 Å². The van der Waals surface area contributed by atoms with Gasteiger partial charge < -0.3 is 10.1 Å². The van der Waals surface area contributed by atoms with Gasteiger partial charge in [-0.15, -0.1) is 6.42 Å². The number of benzene rings is 3. The Hall–Kier alpha value is -3.82. The van der Waals surface area contributed by atoms with Crippen LogP contribution >= 0.6 is 11.8 Å². The molecule has 0 amide bonds. The molecule has 1 N–H and O–H groups in total. The number of hydrogen-bond donors (Lipinski definition) is 1. The predicted octanol–water partition coefficient (Wildman–Crippen LogP) is 5.69. The molecule has 154 valence electrons. The minimum absolute atomic E-state index is 0.0810. The van der Waals surface area contributed by atoms with Gasteiger partial charge >= 0.3 is 0 Å². The zero-order chi connectivity index (χ0) is 22.1. The maximum Gasteiger partial charge on any atom is 0.197 e. The normalized spacial score (nSPS) is 9.84. The van der Waals surface area contributed by atoms with E-state index in [0.29, 0.717) is 22.2 Å². The van der Waals surface area contributed by atoms with E-state index in [4.69, 9.17) is 11.2 Å². The average molecular weight is 428 g/mol. The molecule has 0 aliphatic rings.